The molecule has 5 nitrogen and oxygen atoms in total. The number of amides is 1. The molecule has 2 rings (SSSR count). The fourth-order valence-electron chi connectivity index (χ4n) is 1.82. The highest BCUT2D eigenvalue weighted by Gasteiger charge is 2.32. The van der Waals surface area contributed by atoms with Crippen LogP contribution in [0.5, 0.6) is 0 Å². The Morgan fingerprint density at radius 1 is 1.18 bits per heavy atom. The lowest BCUT2D eigenvalue weighted by molar-refractivity contribution is -0.141. The van der Waals surface area contributed by atoms with E-state index in [1.165, 1.54) is 6.20 Å². The van der Waals surface area contributed by atoms with Crippen LogP contribution in [0.4, 0.5) is 19.0 Å². The van der Waals surface area contributed by atoms with Crippen molar-refractivity contribution in [2.75, 3.05) is 5.32 Å². The third-order valence-electron chi connectivity index (χ3n) is 2.84. The Balaban J connectivity index is 2.18. The van der Waals surface area contributed by atoms with Crippen LogP contribution >= 0.6 is 0 Å². The molecule has 0 saturated heterocycles. The molecule has 0 aliphatic heterocycles. The molecule has 118 valence electrons. The third kappa shape index (κ3) is 3.44. The molecule has 2 heterocycles. The summed E-state index contributed by atoms with van der Waals surface area (Å²) >= 11 is 0. The van der Waals surface area contributed by atoms with Gasteiger partial charge in [0.1, 0.15) is 11.5 Å². The number of alkyl halides is 3. The van der Waals surface area contributed by atoms with Crippen molar-refractivity contribution in [2.45, 2.75) is 32.5 Å². The number of nitrogens with one attached hydrogen (secondary N) is 1. The molecule has 0 radical (unpaired) electrons. The molecular formula is C14H15F3N4O. The summed E-state index contributed by atoms with van der Waals surface area (Å²) in [5, 5.41) is 6.73. The number of halogens is 3. The maximum Gasteiger partial charge on any atom is 0.433 e. The van der Waals surface area contributed by atoms with Gasteiger partial charge in [-0.15, -0.1) is 0 Å². The van der Waals surface area contributed by atoms with E-state index in [1.807, 2.05) is 20.8 Å². The molecule has 0 aliphatic rings. The number of carbonyl (C=O) groups is 1. The minimum atomic E-state index is -4.53. The van der Waals surface area contributed by atoms with E-state index in [0.717, 1.165) is 18.3 Å². The predicted octanol–water partition coefficient (Wildman–Crippen LogP) is 3.30. The zero-order valence-corrected chi connectivity index (χ0v) is 12.3. The van der Waals surface area contributed by atoms with Crippen LogP contribution in [0.3, 0.4) is 0 Å². The summed E-state index contributed by atoms with van der Waals surface area (Å²) in [4.78, 5) is 15.3. The van der Waals surface area contributed by atoms with E-state index in [1.54, 1.807) is 10.7 Å². The van der Waals surface area contributed by atoms with Crippen molar-refractivity contribution in [3.63, 3.8) is 0 Å². The number of anilines is 1. The molecule has 0 saturated carbocycles. The summed E-state index contributed by atoms with van der Waals surface area (Å²) in [6.45, 7) is 5.74. The summed E-state index contributed by atoms with van der Waals surface area (Å²) in [6.07, 6.45) is -2.10. The highest BCUT2D eigenvalue weighted by molar-refractivity contribution is 6.03. The maximum absolute atomic E-state index is 12.4. The Bertz CT molecular complexity index is 669. The van der Waals surface area contributed by atoms with Gasteiger partial charge in [0.25, 0.3) is 5.91 Å². The first-order valence-corrected chi connectivity index (χ1v) is 6.48. The molecule has 1 N–H and O–H groups in total. The molecule has 0 fully saturated rings. The Labute approximate surface area is 125 Å². The molecule has 0 spiro atoms. The van der Waals surface area contributed by atoms with Crippen molar-refractivity contribution < 1.29 is 18.0 Å². The second-order valence-electron chi connectivity index (χ2n) is 5.68. The van der Waals surface area contributed by atoms with Crippen molar-refractivity contribution in [1.29, 1.82) is 0 Å². The molecule has 1 amide bonds. The van der Waals surface area contributed by atoms with E-state index in [2.05, 4.69) is 15.4 Å². The van der Waals surface area contributed by atoms with Crippen LogP contribution in [-0.4, -0.2) is 20.7 Å². The summed E-state index contributed by atoms with van der Waals surface area (Å²) < 4.78 is 38.9. The Kier molecular flexibility index (Phi) is 3.95. The van der Waals surface area contributed by atoms with E-state index in [-0.39, 0.29) is 11.1 Å². The number of hydrogen-bond donors (Lipinski definition) is 1. The largest absolute Gasteiger partial charge is 0.433 e. The smallest absolute Gasteiger partial charge is 0.307 e. The number of carbonyl (C=O) groups excluding carboxylic acids is 1. The molecule has 22 heavy (non-hydrogen) atoms. The fraction of sp³-hybridized carbons (Fsp3) is 0.357. The number of nitrogens with zero attached hydrogens (tertiary/aromatic N) is 3. The highest BCUT2D eigenvalue weighted by atomic mass is 19.4. The molecule has 0 aromatic carbocycles. The van der Waals surface area contributed by atoms with Crippen molar-refractivity contribution in [1.82, 2.24) is 14.8 Å². The Morgan fingerprint density at radius 2 is 1.86 bits per heavy atom. The Morgan fingerprint density at radius 3 is 2.36 bits per heavy atom. The first-order valence-electron chi connectivity index (χ1n) is 6.48. The van der Waals surface area contributed by atoms with E-state index in [9.17, 15) is 18.0 Å². The second-order valence-corrected chi connectivity index (χ2v) is 5.68. The minimum Gasteiger partial charge on any atom is -0.307 e. The molecule has 0 bridgehead atoms. The summed E-state index contributed by atoms with van der Waals surface area (Å²) in [7, 11) is 0. The minimum absolute atomic E-state index is 0.0367. The van der Waals surface area contributed by atoms with Gasteiger partial charge in [-0.05, 0) is 32.9 Å². The van der Waals surface area contributed by atoms with E-state index in [4.69, 9.17) is 0 Å². The molecule has 2 aromatic rings. The Hall–Kier alpha value is -2.38. The number of aromatic nitrogens is 3. The average molecular weight is 312 g/mol. The van der Waals surface area contributed by atoms with E-state index in [0.29, 0.717) is 5.82 Å². The zero-order chi connectivity index (χ0) is 16.5. The van der Waals surface area contributed by atoms with Crippen molar-refractivity contribution in [3.05, 3.63) is 41.9 Å². The van der Waals surface area contributed by atoms with Crippen LogP contribution in [0.15, 0.2) is 30.6 Å². The van der Waals surface area contributed by atoms with Crippen LogP contribution in [0.2, 0.25) is 0 Å². The van der Waals surface area contributed by atoms with Gasteiger partial charge in [0.05, 0.1) is 17.3 Å². The average Bonchev–Trinajstić information content (AvgIpc) is 2.86. The monoisotopic (exact) mass is 312 g/mol. The van der Waals surface area contributed by atoms with Gasteiger partial charge in [-0.3, -0.25) is 9.78 Å². The first-order chi connectivity index (χ1) is 10.1. The number of rotatable bonds is 2. The highest BCUT2D eigenvalue weighted by Crippen LogP contribution is 2.27. The van der Waals surface area contributed by atoms with Crippen molar-refractivity contribution in [3.8, 4) is 0 Å². The first kappa shape index (κ1) is 16.0. The molecule has 0 aliphatic carbocycles. The SMILES string of the molecule is CC(C)(C)n1nccc1NC(=O)c1ccc(C(F)(F)F)nc1. The van der Waals surface area contributed by atoms with Gasteiger partial charge in [-0.2, -0.15) is 18.3 Å². The summed E-state index contributed by atoms with van der Waals surface area (Å²) in [6, 6.07) is 3.47. The van der Waals surface area contributed by atoms with Gasteiger partial charge in [-0.25, -0.2) is 4.68 Å². The van der Waals surface area contributed by atoms with Gasteiger partial charge in [0, 0.05) is 12.3 Å². The molecular weight excluding hydrogens is 297 g/mol. The van der Waals surface area contributed by atoms with Crippen LogP contribution in [0.25, 0.3) is 0 Å². The quantitative estimate of drug-likeness (QED) is 0.925. The topological polar surface area (TPSA) is 59.8 Å². The van der Waals surface area contributed by atoms with Gasteiger partial charge in [-0.1, -0.05) is 0 Å². The van der Waals surface area contributed by atoms with Crippen molar-refractivity contribution in [2.24, 2.45) is 0 Å². The zero-order valence-electron chi connectivity index (χ0n) is 12.3. The summed E-state index contributed by atoms with van der Waals surface area (Å²) in [5.41, 5.74) is -1.34. The second kappa shape index (κ2) is 5.43. The van der Waals surface area contributed by atoms with Crippen LogP contribution < -0.4 is 5.32 Å². The lowest BCUT2D eigenvalue weighted by Crippen LogP contribution is -2.26. The molecule has 0 atom stereocenters. The lowest BCUT2D eigenvalue weighted by atomic mass is 10.1. The fourth-order valence-corrected chi connectivity index (χ4v) is 1.82. The normalized spacial score (nSPS) is 12.3. The van der Waals surface area contributed by atoms with E-state index >= 15 is 0 Å². The number of pyridine rings is 1. The van der Waals surface area contributed by atoms with Gasteiger partial charge in [0.2, 0.25) is 0 Å². The maximum atomic E-state index is 12.4. The molecule has 8 heteroatoms. The third-order valence-corrected chi connectivity index (χ3v) is 2.84. The van der Waals surface area contributed by atoms with Gasteiger partial charge < -0.3 is 5.32 Å². The van der Waals surface area contributed by atoms with Gasteiger partial charge >= 0.3 is 6.18 Å². The van der Waals surface area contributed by atoms with Crippen LogP contribution in [0.1, 0.15) is 36.8 Å². The van der Waals surface area contributed by atoms with Crippen molar-refractivity contribution >= 4 is 11.7 Å². The lowest BCUT2D eigenvalue weighted by Gasteiger charge is -2.22. The standard InChI is InChI=1S/C14H15F3N4O/c1-13(2,3)21-11(6-7-19-21)20-12(22)9-4-5-10(18-8-9)14(15,16)17/h4-8H,1-3H3,(H,20,22). The van der Waals surface area contributed by atoms with Crippen LogP contribution in [0, 0.1) is 0 Å². The predicted molar refractivity (Wildman–Crippen MR) is 74.4 cm³/mol. The van der Waals surface area contributed by atoms with Gasteiger partial charge in [0.15, 0.2) is 0 Å². The summed E-state index contributed by atoms with van der Waals surface area (Å²) in [5.74, 6) is -0.0929. The van der Waals surface area contributed by atoms with Crippen LogP contribution in [-0.2, 0) is 11.7 Å². The number of hydrogen-bond acceptors (Lipinski definition) is 3. The molecule has 2 aromatic heterocycles. The molecule has 0 unspecified atom stereocenters. The van der Waals surface area contributed by atoms with E-state index < -0.39 is 17.8 Å².